The average molecular weight is 343 g/mol. The summed E-state index contributed by atoms with van der Waals surface area (Å²) < 4.78 is 11.7. The number of fused-ring (bicyclic) bond motifs is 3. The quantitative estimate of drug-likeness (QED) is 0.622. The zero-order valence-electron chi connectivity index (χ0n) is 13.6. The van der Waals surface area contributed by atoms with Crippen LogP contribution in [0.3, 0.4) is 0 Å². The molecule has 0 N–H and O–H groups in total. The number of para-hydroxylation sites is 2. The summed E-state index contributed by atoms with van der Waals surface area (Å²) in [7, 11) is 0. The highest BCUT2D eigenvalue weighted by Crippen LogP contribution is 2.39. The molecule has 3 aromatic rings. The van der Waals surface area contributed by atoms with Gasteiger partial charge in [0.05, 0.1) is 16.8 Å². The minimum atomic E-state index is -0.315. The number of benzene rings is 3. The number of hydrogen-bond donors (Lipinski definition) is 0. The maximum atomic E-state index is 12.7. The molecule has 5 nitrogen and oxygen atoms in total. The zero-order valence-corrected chi connectivity index (χ0v) is 13.6. The van der Waals surface area contributed by atoms with Crippen LogP contribution >= 0.6 is 0 Å². The maximum absolute atomic E-state index is 12.7. The molecule has 0 atom stereocenters. The topological polar surface area (TPSA) is 55.8 Å². The van der Waals surface area contributed by atoms with Crippen LogP contribution < -0.4 is 14.4 Å². The molecule has 0 fully saturated rings. The van der Waals surface area contributed by atoms with Crippen LogP contribution in [0.4, 0.5) is 5.69 Å². The van der Waals surface area contributed by atoms with E-state index < -0.39 is 0 Å². The second-order valence-electron chi connectivity index (χ2n) is 6.12. The Bertz CT molecular complexity index is 1040. The number of anilines is 1. The van der Waals surface area contributed by atoms with Gasteiger partial charge in [0.1, 0.15) is 12.4 Å². The lowest BCUT2D eigenvalue weighted by Gasteiger charge is -2.16. The highest BCUT2D eigenvalue weighted by atomic mass is 16.5. The van der Waals surface area contributed by atoms with E-state index in [1.165, 1.54) is 4.90 Å². The third kappa shape index (κ3) is 2.10. The van der Waals surface area contributed by atoms with Crippen molar-refractivity contribution < 1.29 is 19.1 Å². The molecule has 0 spiro atoms. The van der Waals surface area contributed by atoms with E-state index in [1.807, 2.05) is 24.3 Å². The number of hydrogen-bond acceptors (Lipinski definition) is 4. The normalized spacial score (nSPS) is 14.7. The Hall–Kier alpha value is -3.60. The summed E-state index contributed by atoms with van der Waals surface area (Å²) in [6.07, 6.45) is 0. The Morgan fingerprint density at radius 3 is 2.12 bits per heavy atom. The number of amides is 2. The monoisotopic (exact) mass is 343 g/mol. The van der Waals surface area contributed by atoms with Crippen molar-refractivity contribution in [3.63, 3.8) is 0 Å². The van der Waals surface area contributed by atoms with E-state index in [2.05, 4.69) is 0 Å². The molecule has 2 aliphatic rings. The van der Waals surface area contributed by atoms with Gasteiger partial charge in [-0.25, -0.2) is 4.90 Å². The lowest BCUT2D eigenvalue weighted by atomic mass is 10.1. The van der Waals surface area contributed by atoms with Crippen LogP contribution in [0.15, 0.2) is 66.7 Å². The molecule has 26 heavy (non-hydrogen) atoms. The van der Waals surface area contributed by atoms with Crippen molar-refractivity contribution in [3.05, 3.63) is 83.4 Å². The fraction of sp³-hybridized carbons (Fsp3) is 0.0476. The third-order valence-corrected chi connectivity index (χ3v) is 4.55. The first-order chi connectivity index (χ1) is 12.7. The summed E-state index contributed by atoms with van der Waals surface area (Å²) in [4.78, 5) is 26.5. The van der Waals surface area contributed by atoms with Gasteiger partial charge in [0.15, 0.2) is 11.5 Å². The third-order valence-electron chi connectivity index (χ3n) is 4.55. The number of rotatable bonds is 1. The van der Waals surface area contributed by atoms with E-state index in [-0.39, 0.29) is 11.8 Å². The first-order valence-corrected chi connectivity index (χ1v) is 8.23. The van der Waals surface area contributed by atoms with Crippen molar-refractivity contribution in [2.45, 2.75) is 6.61 Å². The van der Waals surface area contributed by atoms with E-state index >= 15 is 0 Å². The van der Waals surface area contributed by atoms with Crippen LogP contribution in [-0.4, -0.2) is 11.8 Å². The second kappa shape index (κ2) is 5.46. The van der Waals surface area contributed by atoms with Gasteiger partial charge in [0.25, 0.3) is 11.8 Å². The SMILES string of the molecule is O=C1c2ccccc2C(=O)N1c1ccc2c(c1)COc1ccccc1O2. The van der Waals surface area contributed by atoms with Crippen molar-refractivity contribution in [1.29, 1.82) is 0 Å². The van der Waals surface area contributed by atoms with Gasteiger partial charge < -0.3 is 9.47 Å². The molecule has 0 unspecified atom stereocenters. The number of imide groups is 1. The first-order valence-electron chi connectivity index (χ1n) is 8.23. The highest BCUT2D eigenvalue weighted by molar-refractivity contribution is 6.34. The molecule has 2 aliphatic heterocycles. The minimum absolute atomic E-state index is 0.295. The molecule has 126 valence electrons. The Balaban J connectivity index is 1.54. The Labute approximate surface area is 149 Å². The van der Waals surface area contributed by atoms with Gasteiger partial charge in [0, 0.05) is 5.56 Å². The number of nitrogens with zero attached hydrogens (tertiary/aromatic N) is 1. The van der Waals surface area contributed by atoms with Gasteiger partial charge in [-0.3, -0.25) is 9.59 Å². The van der Waals surface area contributed by atoms with Gasteiger partial charge in [-0.15, -0.1) is 0 Å². The van der Waals surface area contributed by atoms with Gasteiger partial charge in [0.2, 0.25) is 0 Å². The summed E-state index contributed by atoms with van der Waals surface area (Å²) >= 11 is 0. The van der Waals surface area contributed by atoms with E-state index in [1.54, 1.807) is 42.5 Å². The molecule has 2 amide bonds. The van der Waals surface area contributed by atoms with Crippen LogP contribution in [0.5, 0.6) is 17.2 Å². The van der Waals surface area contributed by atoms with Crippen LogP contribution in [0, 0.1) is 0 Å². The minimum Gasteiger partial charge on any atom is -0.485 e. The van der Waals surface area contributed by atoms with Gasteiger partial charge in [-0.05, 0) is 42.5 Å². The summed E-state index contributed by atoms with van der Waals surface area (Å²) in [6, 6.07) is 19.5. The van der Waals surface area contributed by atoms with E-state index in [4.69, 9.17) is 9.47 Å². The summed E-state index contributed by atoms with van der Waals surface area (Å²) in [6.45, 7) is 0.295. The number of carbonyl (C=O) groups is 2. The van der Waals surface area contributed by atoms with E-state index in [9.17, 15) is 9.59 Å². The largest absolute Gasteiger partial charge is 0.485 e. The molecule has 0 saturated heterocycles. The molecule has 0 saturated carbocycles. The van der Waals surface area contributed by atoms with Crippen molar-refractivity contribution in [2.75, 3.05) is 4.90 Å². The molecule has 3 aromatic carbocycles. The van der Waals surface area contributed by atoms with Crippen LogP contribution in [-0.2, 0) is 6.61 Å². The van der Waals surface area contributed by atoms with Crippen molar-refractivity contribution >= 4 is 17.5 Å². The van der Waals surface area contributed by atoms with Crippen LogP contribution in [0.1, 0.15) is 26.3 Å². The second-order valence-corrected chi connectivity index (χ2v) is 6.12. The molecule has 5 rings (SSSR count). The molecule has 0 bridgehead atoms. The lowest BCUT2D eigenvalue weighted by Crippen LogP contribution is -2.29. The van der Waals surface area contributed by atoms with Crippen LogP contribution in [0.25, 0.3) is 0 Å². The Morgan fingerprint density at radius 2 is 1.38 bits per heavy atom. The van der Waals surface area contributed by atoms with Crippen molar-refractivity contribution in [1.82, 2.24) is 0 Å². The molecular formula is C21H13NO4. The Kier molecular flexibility index (Phi) is 3.09. The number of ether oxygens (including phenoxy) is 2. The molecule has 5 heteroatoms. The van der Waals surface area contributed by atoms with Gasteiger partial charge >= 0.3 is 0 Å². The lowest BCUT2D eigenvalue weighted by molar-refractivity contribution is 0.0926. The molecule has 0 aliphatic carbocycles. The number of carbonyl (C=O) groups excluding carboxylic acids is 2. The Morgan fingerprint density at radius 1 is 0.731 bits per heavy atom. The predicted octanol–water partition coefficient (Wildman–Crippen LogP) is 4.17. The standard InChI is InChI=1S/C21H13NO4/c23-20-15-5-1-2-6-16(15)21(24)22(20)14-9-10-17-13(11-14)12-25-18-7-3-4-8-19(18)26-17/h1-11H,12H2. The van der Waals surface area contributed by atoms with E-state index in [0.29, 0.717) is 40.7 Å². The predicted molar refractivity (Wildman–Crippen MR) is 94.9 cm³/mol. The van der Waals surface area contributed by atoms with Gasteiger partial charge in [-0.2, -0.15) is 0 Å². The summed E-state index contributed by atoms with van der Waals surface area (Å²) in [5.41, 5.74) is 2.13. The summed E-state index contributed by atoms with van der Waals surface area (Å²) in [5.74, 6) is 1.31. The molecule has 0 radical (unpaired) electrons. The van der Waals surface area contributed by atoms with E-state index in [0.717, 1.165) is 5.56 Å². The smallest absolute Gasteiger partial charge is 0.266 e. The maximum Gasteiger partial charge on any atom is 0.266 e. The van der Waals surface area contributed by atoms with Crippen LogP contribution in [0.2, 0.25) is 0 Å². The first kappa shape index (κ1) is 14.7. The summed E-state index contributed by atoms with van der Waals surface area (Å²) in [5, 5.41) is 0. The highest BCUT2D eigenvalue weighted by Gasteiger charge is 2.36. The van der Waals surface area contributed by atoms with Crippen molar-refractivity contribution in [2.24, 2.45) is 0 Å². The fourth-order valence-corrected chi connectivity index (χ4v) is 3.27. The fourth-order valence-electron chi connectivity index (χ4n) is 3.27. The molecule has 2 heterocycles. The van der Waals surface area contributed by atoms with Crippen molar-refractivity contribution in [3.8, 4) is 17.2 Å². The molecular weight excluding hydrogens is 330 g/mol. The average Bonchev–Trinajstić information content (AvgIpc) is 2.82. The molecule has 0 aromatic heterocycles. The van der Waals surface area contributed by atoms with Gasteiger partial charge in [-0.1, -0.05) is 24.3 Å². The zero-order chi connectivity index (χ0) is 17.7.